The highest BCUT2D eigenvalue weighted by Crippen LogP contribution is 2.35. The molecule has 14 heteroatoms. The number of carbonyl (C=O) groups is 1. The number of ether oxygens (including phenoxy) is 1. The Morgan fingerprint density at radius 1 is 1.19 bits per heavy atom. The number of aromatic carboxylic acids is 1. The van der Waals surface area contributed by atoms with Crippen LogP contribution in [0.25, 0.3) is 16.6 Å². The number of morpholine rings is 1. The molecule has 4 heterocycles. The van der Waals surface area contributed by atoms with Gasteiger partial charge in [-0.25, -0.2) is 24.1 Å². The summed E-state index contributed by atoms with van der Waals surface area (Å²) in [6.45, 7) is 3.13. The molecule has 0 saturated carbocycles. The molecule has 1 aliphatic heterocycles. The predicted octanol–water partition coefficient (Wildman–Crippen LogP) is 4.80. The largest absolute Gasteiger partial charge is 0.476 e. The smallest absolute Gasteiger partial charge is 0.434 e. The van der Waals surface area contributed by atoms with Crippen LogP contribution in [0.1, 0.15) is 34.7 Å². The standard InChI is InChI=1S/C23H19ClF4N6O3/c1-11(29-15-2-3-17(24)31-19(15)21(35)36)13-8-12(25)9-14-18(13)32-22(33-4-6-37-7-5-33)34-10-16(23(26,27)28)30-20(14)34/h2-3,8-11,29H,4-7H2,1H3,(H,35,36)/t11-/m1/s1. The van der Waals surface area contributed by atoms with E-state index in [0.717, 1.165) is 12.3 Å². The molecule has 37 heavy (non-hydrogen) atoms. The van der Waals surface area contributed by atoms with E-state index in [2.05, 4.69) is 20.3 Å². The van der Waals surface area contributed by atoms with E-state index in [1.165, 1.54) is 22.6 Å². The van der Waals surface area contributed by atoms with E-state index in [4.69, 9.17) is 16.3 Å². The Bertz CT molecular complexity index is 1520. The van der Waals surface area contributed by atoms with Gasteiger partial charge >= 0.3 is 12.1 Å². The van der Waals surface area contributed by atoms with Gasteiger partial charge in [-0.15, -0.1) is 0 Å². The second-order valence-electron chi connectivity index (χ2n) is 8.42. The number of carboxylic acids is 1. The highest BCUT2D eigenvalue weighted by molar-refractivity contribution is 6.29. The molecule has 5 rings (SSSR count). The van der Waals surface area contributed by atoms with E-state index >= 15 is 0 Å². The van der Waals surface area contributed by atoms with E-state index in [1.54, 1.807) is 11.8 Å². The van der Waals surface area contributed by atoms with Crippen molar-refractivity contribution in [2.45, 2.75) is 19.1 Å². The second-order valence-corrected chi connectivity index (χ2v) is 8.81. The first-order chi connectivity index (χ1) is 17.5. The number of imidazole rings is 1. The molecule has 0 radical (unpaired) electrons. The molecule has 0 aliphatic carbocycles. The fourth-order valence-electron chi connectivity index (χ4n) is 4.27. The van der Waals surface area contributed by atoms with Gasteiger partial charge in [-0.3, -0.25) is 4.40 Å². The fraction of sp³-hybridized carbons (Fsp3) is 0.304. The summed E-state index contributed by atoms with van der Waals surface area (Å²) in [7, 11) is 0. The molecule has 9 nitrogen and oxygen atoms in total. The fourth-order valence-corrected chi connectivity index (χ4v) is 4.42. The van der Waals surface area contributed by atoms with E-state index in [-0.39, 0.29) is 44.6 Å². The summed E-state index contributed by atoms with van der Waals surface area (Å²) in [6, 6.07) is 4.37. The number of hydrogen-bond donors (Lipinski definition) is 2. The van der Waals surface area contributed by atoms with E-state index in [9.17, 15) is 27.5 Å². The van der Waals surface area contributed by atoms with Crippen molar-refractivity contribution in [1.82, 2.24) is 19.4 Å². The zero-order chi connectivity index (χ0) is 26.5. The first-order valence-electron chi connectivity index (χ1n) is 11.1. The van der Waals surface area contributed by atoms with Gasteiger partial charge in [0.1, 0.15) is 16.6 Å². The van der Waals surface area contributed by atoms with Crippen molar-refractivity contribution in [2.75, 3.05) is 36.5 Å². The normalized spacial score (nSPS) is 15.4. The molecule has 1 atom stereocenters. The Balaban J connectivity index is 1.71. The third-order valence-corrected chi connectivity index (χ3v) is 6.18. The second kappa shape index (κ2) is 9.30. The lowest BCUT2D eigenvalue weighted by Crippen LogP contribution is -2.38. The van der Waals surface area contributed by atoms with Crippen LogP contribution in [0, 0.1) is 5.82 Å². The van der Waals surface area contributed by atoms with Crippen molar-refractivity contribution in [3.63, 3.8) is 0 Å². The maximum Gasteiger partial charge on any atom is 0.434 e. The van der Waals surface area contributed by atoms with Crippen LogP contribution in [0.5, 0.6) is 0 Å². The lowest BCUT2D eigenvalue weighted by Gasteiger charge is -2.29. The van der Waals surface area contributed by atoms with Gasteiger partial charge in [-0.05, 0) is 31.2 Å². The van der Waals surface area contributed by atoms with E-state index in [0.29, 0.717) is 26.3 Å². The molecule has 3 aromatic heterocycles. The molecule has 2 N–H and O–H groups in total. The van der Waals surface area contributed by atoms with Crippen molar-refractivity contribution in [1.29, 1.82) is 0 Å². The molecule has 194 valence electrons. The monoisotopic (exact) mass is 538 g/mol. The molecular weight excluding hydrogens is 520 g/mol. The van der Waals surface area contributed by atoms with Crippen LogP contribution in [0.15, 0.2) is 30.5 Å². The highest BCUT2D eigenvalue weighted by Gasteiger charge is 2.35. The number of halogens is 5. The lowest BCUT2D eigenvalue weighted by atomic mass is 10.0. The molecule has 1 aromatic carbocycles. The number of pyridine rings is 1. The summed E-state index contributed by atoms with van der Waals surface area (Å²) in [5.74, 6) is -1.84. The van der Waals surface area contributed by atoms with Crippen molar-refractivity contribution < 1.29 is 32.2 Å². The van der Waals surface area contributed by atoms with Crippen LogP contribution in [-0.4, -0.2) is 56.7 Å². The Kier molecular flexibility index (Phi) is 6.28. The number of benzene rings is 1. The van der Waals surface area contributed by atoms with Gasteiger partial charge in [0.05, 0.1) is 30.5 Å². The minimum Gasteiger partial charge on any atom is -0.476 e. The van der Waals surface area contributed by atoms with Crippen molar-refractivity contribution in [2.24, 2.45) is 0 Å². The summed E-state index contributed by atoms with van der Waals surface area (Å²) in [5.41, 5.74) is -0.954. The Hall–Kier alpha value is -3.71. The maximum atomic E-state index is 14.8. The number of hydrogen-bond acceptors (Lipinski definition) is 7. The summed E-state index contributed by atoms with van der Waals surface area (Å²) >= 11 is 5.83. The third-order valence-electron chi connectivity index (χ3n) is 5.96. The molecule has 4 aromatic rings. The molecular formula is C23H19ClF4N6O3. The highest BCUT2D eigenvalue weighted by atomic mass is 35.5. The number of alkyl halides is 3. The summed E-state index contributed by atoms with van der Waals surface area (Å²) in [4.78, 5) is 25.7. The molecule has 0 unspecified atom stereocenters. The third kappa shape index (κ3) is 4.71. The van der Waals surface area contributed by atoms with Crippen LogP contribution >= 0.6 is 11.6 Å². The molecule has 1 saturated heterocycles. The zero-order valence-corrected chi connectivity index (χ0v) is 19.9. The van der Waals surface area contributed by atoms with Gasteiger partial charge in [-0.1, -0.05) is 11.6 Å². The van der Waals surface area contributed by atoms with E-state index < -0.39 is 29.7 Å². The Morgan fingerprint density at radius 2 is 1.92 bits per heavy atom. The first kappa shape index (κ1) is 25.0. The van der Waals surface area contributed by atoms with Crippen LogP contribution < -0.4 is 10.2 Å². The topological polar surface area (TPSA) is 105 Å². The minimum absolute atomic E-state index is 0.0224. The van der Waals surface area contributed by atoms with Gasteiger partial charge in [0.2, 0.25) is 5.95 Å². The number of nitrogens with zero attached hydrogens (tertiary/aromatic N) is 5. The van der Waals surface area contributed by atoms with Crippen LogP contribution in [0.3, 0.4) is 0 Å². The number of carboxylic acid groups (broad SMARTS) is 1. The number of nitrogens with one attached hydrogen (secondary N) is 1. The maximum absolute atomic E-state index is 14.8. The van der Waals surface area contributed by atoms with Gasteiger partial charge in [0.15, 0.2) is 11.4 Å². The predicted molar refractivity (Wildman–Crippen MR) is 127 cm³/mol. The van der Waals surface area contributed by atoms with E-state index in [1.807, 2.05) is 0 Å². The number of anilines is 2. The van der Waals surface area contributed by atoms with Crippen LogP contribution in [0.4, 0.5) is 29.2 Å². The Labute approximate surface area is 211 Å². The summed E-state index contributed by atoms with van der Waals surface area (Å²) in [6.07, 6.45) is -3.88. The molecule has 0 spiro atoms. The molecule has 0 amide bonds. The summed E-state index contributed by atoms with van der Waals surface area (Å²) < 4.78 is 62.1. The van der Waals surface area contributed by atoms with Crippen molar-refractivity contribution in [3.05, 3.63) is 58.4 Å². The molecule has 0 bridgehead atoms. The number of rotatable bonds is 5. The Morgan fingerprint density at radius 3 is 2.59 bits per heavy atom. The molecule has 1 aliphatic rings. The number of aromatic nitrogens is 4. The van der Waals surface area contributed by atoms with Gasteiger partial charge in [0.25, 0.3) is 0 Å². The lowest BCUT2D eigenvalue weighted by molar-refractivity contribution is -0.140. The quantitative estimate of drug-likeness (QED) is 0.276. The van der Waals surface area contributed by atoms with Gasteiger partial charge in [0, 0.05) is 30.2 Å². The van der Waals surface area contributed by atoms with Crippen LogP contribution in [0.2, 0.25) is 5.15 Å². The SMILES string of the molecule is C[C@@H](Nc1ccc(Cl)nc1C(=O)O)c1cc(F)cc2c1nc(N1CCOCC1)n1cc(C(F)(F)F)nc21. The van der Waals surface area contributed by atoms with Crippen LogP contribution in [-0.2, 0) is 10.9 Å². The van der Waals surface area contributed by atoms with Gasteiger partial charge in [-0.2, -0.15) is 13.2 Å². The minimum atomic E-state index is -4.72. The average molecular weight is 539 g/mol. The van der Waals surface area contributed by atoms with Crippen molar-refractivity contribution in [3.8, 4) is 0 Å². The summed E-state index contributed by atoms with van der Waals surface area (Å²) in [5, 5.41) is 12.5. The van der Waals surface area contributed by atoms with Gasteiger partial charge < -0.3 is 20.1 Å². The first-order valence-corrected chi connectivity index (χ1v) is 11.5. The average Bonchev–Trinajstić information content (AvgIpc) is 3.31. The number of fused-ring (bicyclic) bond motifs is 3. The molecule has 1 fully saturated rings. The zero-order valence-electron chi connectivity index (χ0n) is 19.2. The van der Waals surface area contributed by atoms with Crippen molar-refractivity contribution >= 4 is 45.8 Å².